The van der Waals surface area contributed by atoms with Gasteiger partial charge in [-0.05, 0) is 45.2 Å². The summed E-state index contributed by atoms with van der Waals surface area (Å²) in [5.41, 5.74) is 5.25. The van der Waals surface area contributed by atoms with Crippen LogP contribution in [0.1, 0.15) is 40.8 Å². The highest BCUT2D eigenvalue weighted by atomic mass is 127. The molecule has 0 bridgehead atoms. The molecule has 1 atom stereocenters. The number of halogens is 1. The molecule has 0 aliphatic carbocycles. The van der Waals surface area contributed by atoms with Crippen molar-refractivity contribution in [2.75, 3.05) is 27.4 Å². The minimum absolute atomic E-state index is 0. The Hall–Kier alpha value is -2.07. The zero-order valence-corrected chi connectivity index (χ0v) is 22.0. The van der Waals surface area contributed by atoms with Crippen LogP contribution in [0.3, 0.4) is 0 Å². The van der Waals surface area contributed by atoms with Crippen LogP contribution in [0.25, 0.3) is 0 Å². The number of methoxy groups -OCH3 is 1. The molecule has 8 heteroatoms. The molecule has 1 aromatic carbocycles. The smallest absolute Gasteiger partial charge is 0.191 e. The molecule has 1 fully saturated rings. The SMILES string of the molecule is CN=C(NCc1ccc(C)cc1OCC1CCCO1)NCc1ncc(C)c(OC)c1C.I. The number of ether oxygens (including phenoxy) is 3. The molecule has 0 spiro atoms. The van der Waals surface area contributed by atoms with Crippen LogP contribution in [-0.2, 0) is 17.8 Å². The van der Waals surface area contributed by atoms with E-state index in [1.807, 2.05) is 20.0 Å². The van der Waals surface area contributed by atoms with E-state index in [9.17, 15) is 0 Å². The Balaban J connectivity index is 0.00000363. The molecule has 1 aromatic heterocycles. The number of nitrogens with zero attached hydrogens (tertiary/aromatic N) is 2. The lowest BCUT2D eigenvalue weighted by Crippen LogP contribution is -2.36. The van der Waals surface area contributed by atoms with Gasteiger partial charge in [0, 0.05) is 43.1 Å². The number of pyridine rings is 1. The van der Waals surface area contributed by atoms with E-state index in [-0.39, 0.29) is 30.1 Å². The summed E-state index contributed by atoms with van der Waals surface area (Å²) in [4.78, 5) is 8.88. The van der Waals surface area contributed by atoms with Crippen molar-refractivity contribution in [1.82, 2.24) is 15.6 Å². The molecule has 0 radical (unpaired) electrons. The van der Waals surface area contributed by atoms with Crippen molar-refractivity contribution in [3.63, 3.8) is 0 Å². The molecule has 3 rings (SSSR count). The number of aryl methyl sites for hydroxylation is 2. The van der Waals surface area contributed by atoms with E-state index in [1.54, 1.807) is 14.2 Å². The Morgan fingerprint density at radius 3 is 2.69 bits per heavy atom. The number of hydrogen-bond donors (Lipinski definition) is 2. The fourth-order valence-corrected chi connectivity index (χ4v) is 3.72. The van der Waals surface area contributed by atoms with Crippen molar-refractivity contribution >= 4 is 29.9 Å². The summed E-state index contributed by atoms with van der Waals surface area (Å²) in [5, 5.41) is 6.71. The lowest BCUT2D eigenvalue weighted by Gasteiger charge is -2.18. The highest BCUT2D eigenvalue weighted by Gasteiger charge is 2.17. The normalized spacial score (nSPS) is 15.8. The highest BCUT2D eigenvalue weighted by Crippen LogP contribution is 2.24. The van der Waals surface area contributed by atoms with Crippen LogP contribution in [0.5, 0.6) is 11.5 Å². The van der Waals surface area contributed by atoms with Gasteiger partial charge in [-0.3, -0.25) is 9.98 Å². The van der Waals surface area contributed by atoms with Gasteiger partial charge in [0.25, 0.3) is 0 Å². The van der Waals surface area contributed by atoms with Crippen LogP contribution in [0, 0.1) is 20.8 Å². The molecule has 2 aromatic rings. The second kappa shape index (κ2) is 12.8. The second-order valence-electron chi connectivity index (χ2n) is 7.88. The number of guanidine groups is 1. The molecule has 0 saturated carbocycles. The quantitative estimate of drug-likeness (QED) is 0.291. The van der Waals surface area contributed by atoms with E-state index in [1.165, 1.54) is 5.56 Å². The predicted molar refractivity (Wildman–Crippen MR) is 138 cm³/mol. The molecule has 1 aliphatic rings. The van der Waals surface area contributed by atoms with Crippen molar-refractivity contribution in [2.45, 2.75) is 52.8 Å². The molecule has 7 nitrogen and oxygen atoms in total. The number of rotatable bonds is 8. The van der Waals surface area contributed by atoms with Gasteiger partial charge in [0.15, 0.2) is 5.96 Å². The highest BCUT2D eigenvalue weighted by molar-refractivity contribution is 14.0. The van der Waals surface area contributed by atoms with Gasteiger partial charge >= 0.3 is 0 Å². The third-order valence-electron chi connectivity index (χ3n) is 5.51. The molecule has 1 saturated heterocycles. The van der Waals surface area contributed by atoms with E-state index >= 15 is 0 Å². The van der Waals surface area contributed by atoms with Crippen LogP contribution in [0.2, 0.25) is 0 Å². The van der Waals surface area contributed by atoms with E-state index in [2.05, 4.69) is 45.7 Å². The van der Waals surface area contributed by atoms with Gasteiger partial charge in [-0.15, -0.1) is 24.0 Å². The molecule has 2 heterocycles. The van der Waals surface area contributed by atoms with E-state index in [0.29, 0.717) is 25.7 Å². The van der Waals surface area contributed by atoms with E-state index in [0.717, 1.165) is 53.3 Å². The van der Waals surface area contributed by atoms with Crippen LogP contribution in [0.4, 0.5) is 0 Å². The van der Waals surface area contributed by atoms with Gasteiger partial charge in [-0.1, -0.05) is 12.1 Å². The van der Waals surface area contributed by atoms with E-state index in [4.69, 9.17) is 14.2 Å². The van der Waals surface area contributed by atoms with Gasteiger partial charge in [0.2, 0.25) is 0 Å². The average Bonchev–Trinajstić information content (AvgIpc) is 3.28. The lowest BCUT2D eigenvalue weighted by atomic mass is 10.1. The Labute approximate surface area is 208 Å². The minimum Gasteiger partial charge on any atom is -0.496 e. The van der Waals surface area contributed by atoms with Gasteiger partial charge < -0.3 is 24.8 Å². The van der Waals surface area contributed by atoms with Gasteiger partial charge in [-0.2, -0.15) is 0 Å². The van der Waals surface area contributed by atoms with Crippen LogP contribution >= 0.6 is 24.0 Å². The summed E-state index contributed by atoms with van der Waals surface area (Å²) in [6.07, 6.45) is 4.20. The fourth-order valence-electron chi connectivity index (χ4n) is 3.72. The summed E-state index contributed by atoms with van der Waals surface area (Å²) >= 11 is 0. The van der Waals surface area contributed by atoms with Crippen molar-refractivity contribution in [1.29, 1.82) is 0 Å². The summed E-state index contributed by atoms with van der Waals surface area (Å²) in [7, 11) is 3.45. The summed E-state index contributed by atoms with van der Waals surface area (Å²) in [6, 6.07) is 6.27. The third-order valence-corrected chi connectivity index (χ3v) is 5.51. The number of aromatic nitrogens is 1. The zero-order chi connectivity index (χ0) is 22.2. The number of benzene rings is 1. The standard InChI is InChI=1S/C24H34N4O3.HI/c1-16-8-9-19(22(11-16)31-15-20-7-6-10-30-20)13-27-24(25-4)28-14-21-18(3)23(29-5)17(2)12-26-21;/h8-9,11-12,20H,6-7,10,13-15H2,1-5H3,(H2,25,27,28);1H. The minimum atomic E-state index is 0. The molecule has 0 amide bonds. The molecular formula is C24H35IN4O3. The maximum Gasteiger partial charge on any atom is 0.191 e. The van der Waals surface area contributed by atoms with Crippen LogP contribution < -0.4 is 20.1 Å². The lowest BCUT2D eigenvalue weighted by molar-refractivity contribution is 0.0676. The summed E-state index contributed by atoms with van der Waals surface area (Å²) < 4.78 is 17.3. The van der Waals surface area contributed by atoms with Crippen molar-refractivity contribution < 1.29 is 14.2 Å². The van der Waals surface area contributed by atoms with Gasteiger partial charge in [-0.25, -0.2) is 0 Å². The predicted octanol–water partition coefficient (Wildman–Crippen LogP) is 4.06. The maximum atomic E-state index is 6.10. The first-order chi connectivity index (χ1) is 15.0. The largest absolute Gasteiger partial charge is 0.496 e. The van der Waals surface area contributed by atoms with Crippen LogP contribution in [-0.4, -0.2) is 44.4 Å². The Morgan fingerprint density at radius 2 is 2.00 bits per heavy atom. The first-order valence-electron chi connectivity index (χ1n) is 10.8. The Morgan fingerprint density at radius 1 is 1.22 bits per heavy atom. The third kappa shape index (κ3) is 6.96. The molecule has 176 valence electrons. The van der Waals surface area contributed by atoms with Crippen molar-refractivity contribution in [2.24, 2.45) is 4.99 Å². The summed E-state index contributed by atoms with van der Waals surface area (Å²) in [6.45, 7) is 8.67. The van der Waals surface area contributed by atoms with Gasteiger partial charge in [0.05, 0.1) is 25.5 Å². The number of aliphatic imine (C=N–C) groups is 1. The molecule has 1 aliphatic heterocycles. The van der Waals surface area contributed by atoms with Crippen molar-refractivity contribution in [3.8, 4) is 11.5 Å². The van der Waals surface area contributed by atoms with Gasteiger partial charge in [0.1, 0.15) is 18.1 Å². The van der Waals surface area contributed by atoms with Crippen molar-refractivity contribution in [3.05, 3.63) is 52.3 Å². The Bertz CT molecular complexity index is 914. The maximum absolute atomic E-state index is 6.10. The molecular weight excluding hydrogens is 519 g/mol. The molecule has 2 N–H and O–H groups in total. The Kier molecular flexibility index (Phi) is 10.5. The second-order valence-corrected chi connectivity index (χ2v) is 7.88. The number of hydrogen-bond acceptors (Lipinski definition) is 5. The molecule has 1 unspecified atom stereocenters. The average molecular weight is 554 g/mol. The fraction of sp³-hybridized carbons (Fsp3) is 0.500. The van der Waals surface area contributed by atoms with E-state index < -0.39 is 0 Å². The molecule has 32 heavy (non-hydrogen) atoms. The number of nitrogens with one attached hydrogen (secondary N) is 2. The first kappa shape index (κ1) is 26.2. The topological polar surface area (TPSA) is 77.0 Å². The summed E-state index contributed by atoms with van der Waals surface area (Å²) in [5.74, 6) is 2.47. The monoisotopic (exact) mass is 554 g/mol. The first-order valence-corrected chi connectivity index (χ1v) is 10.8. The zero-order valence-electron chi connectivity index (χ0n) is 19.7. The van der Waals surface area contributed by atoms with Crippen LogP contribution in [0.15, 0.2) is 29.4 Å².